The van der Waals surface area contributed by atoms with Gasteiger partial charge in [0.1, 0.15) is 0 Å². The van der Waals surface area contributed by atoms with Gasteiger partial charge in [0.2, 0.25) is 0 Å². The van der Waals surface area contributed by atoms with Gasteiger partial charge in [0.15, 0.2) is 0 Å². The average molecular weight is 440 g/mol. The molecule has 0 bridgehead atoms. The van der Waals surface area contributed by atoms with Crippen molar-refractivity contribution in [3.05, 3.63) is 115 Å². The van der Waals surface area contributed by atoms with Crippen LogP contribution in [0.1, 0.15) is 5.56 Å². The first kappa shape index (κ1) is 18.7. The van der Waals surface area contributed by atoms with E-state index in [1.807, 2.05) is 11.3 Å². The fourth-order valence-electron chi connectivity index (χ4n) is 5.26. The van der Waals surface area contributed by atoms with Gasteiger partial charge in [0, 0.05) is 36.5 Å². The highest BCUT2D eigenvalue weighted by molar-refractivity contribution is 7.25. The molecule has 0 amide bonds. The molecule has 0 aliphatic carbocycles. The van der Waals surface area contributed by atoms with E-state index < -0.39 is 0 Å². The van der Waals surface area contributed by atoms with Gasteiger partial charge in [-0.2, -0.15) is 0 Å². The second-order valence-corrected chi connectivity index (χ2v) is 9.73. The zero-order valence-corrected chi connectivity index (χ0v) is 19.1. The fourth-order valence-corrected chi connectivity index (χ4v) is 6.35. The Kier molecular flexibility index (Phi) is 3.99. The van der Waals surface area contributed by atoms with Crippen LogP contribution in [0.15, 0.2) is 109 Å². The second kappa shape index (κ2) is 7.06. The summed E-state index contributed by atoms with van der Waals surface area (Å²) in [5, 5.41) is 5.31. The van der Waals surface area contributed by atoms with Crippen molar-refractivity contribution in [2.45, 2.75) is 6.92 Å². The van der Waals surface area contributed by atoms with E-state index in [2.05, 4.69) is 121 Å². The average Bonchev–Trinajstić information content (AvgIpc) is 3.40. The van der Waals surface area contributed by atoms with Gasteiger partial charge in [-0.25, -0.2) is 0 Å². The lowest BCUT2D eigenvalue weighted by Gasteiger charge is -2.14. The molecular weight excluding hydrogens is 418 g/mol. The van der Waals surface area contributed by atoms with Gasteiger partial charge < -0.3 is 4.57 Å². The van der Waals surface area contributed by atoms with E-state index >= 15 is 0 Å². The lowest BCUT2D eigenvalue weighted by molar-refractivity contribution is 1.18. The maximum atomic E-state index is 2.43. The number of fused-ring (bicyclic) bond motifs is 6. The maximum Gasteiger partial charge on any atom is 0.0543 e. The van der Waals surface area contributed by atoms with Crippen molar-refractivity contribution in [3.8, 4) is 16.8 Å². The van der Waals surface area contributed by atoms with Crippen LogP contribution in [0.4, 0.5) is 0 Å². The van der Waals surface area contributed by atoms with Gasteiger partial charge in [0.25, 0.3) is 0 Å². The number of hydrogen-bond acceptors (Lipinski definition) is 1. The summed E-state index contributed by atoms with van der Waals surface area (Å²) >= 11 is 1.87. The first-order valence-corrected chi connectivity index (χ1v) is 12.1. The Balaban J connectivity index is 1.55. The van der Waals surface area contributed by atoms with Gasteiger partial charge in [-0.3, -0.25) is 0 Å². The van der Waals surface area contributed by atoms with Crippen molar-refractivity contribution < 1.29 is 0 Å². The highest BCUT2D eigenvalue weighted by Crippen LogP contribution is 2.40. The molecule has 0 unspecified atom stereocenters. The Hall–Kier alpha value is -3.88. The molecule has 156 valence electrons. The van der Waals surface area contributed by atoms with Crippen LogP contribution in [0.2, 0.25) is 0 Å². The van der Waals surface area contributed by atoms with Crippen LogP contribution in [0.5, 0.6) is 0 Å². The zero-order chi connectivity index (χ0) is 21.9. The van der Waals surface area contributed by atoms with Crippen LogP contribution in [-0.4, -0.2) is 4.57 Å². The number of rotatable bonds is 2. The van der Waals surface area contributed by atoms with E-state index in [0.717, 1.165) is 0 Å². The standard InChI is InChI=1S/C31H21NS/c1-20-9-8-15-28-31(20)24-12-3-6-14-27(24)32(28)26-13-5-2-10-22(26)21-17-18-30-25(19-21)23-11-4-7-16-29(23)33-30/h2-19H,1H3. The summed E-state index contributed by atoms with van der Waals surface area (Å²) in [6, 6.07) is 39.8. The molecule has 0 saturated carbocycles. The third-order valence-corrected chi connectivity index (χ3v) is 7.89. The fraction of sp³-hybridized carbons (Fsp3) is 0.0323. The predicted molar refractivity (Wildman–Crippen MR) is 144 cm³/mol. The third-order valence-electron chi connectivity index (χ3n) is 6.74. The van der Waals surface area contributed by atoms with Crippen molar-refractivity contribution in [2.75, 3.05) is 0 Å². The number of nitrogens with zero attached hydrogens (tertiary/aromatic N) is 1. The minimum Gasteiger partial charge on any atom is -0.309 e. The Morgan fingerprint density at radius 2 is 1.30 bits per heavy atom. The molecule has 2 heterocycles. The van der Waals surface area contributed by atoms with E-state index in [4.69, 9.17) is 0 Å². The van der Waals surface area contributed by atoms with E-state index in [1.165, 1.54) is 64.4 Å². The normalized spacial score (nSPS) is 11.8. The summed E-state index contributed by atoms with van der Waals surface area (Å²) in [5.74, 6) is 0. The van der Waals surface area contributed by atoms with E-state index in [0.29, 0.717) is 0 Å². The van der Waals surface area contributed by atoms with Crippen molar-refractivity contribution in [2.24, 2.45) is 0 Å². The quantitative estimate of drug-likeness (QED) is 0.253. The molecule has 2 heteroatoms. The van der Waals surface area contributed by atoms with Gasteiger partial charge in [-0.15, -0.1) is 11.3 Å². The summed E-state index contributed by atoms with van der Waals surface area (Å²) in [6.45, 7) is 2.21. The van der Waals surface area contributed by atoms with Gasteiger partial charge >= 0.3 is 0 Å². The molecular formula is C31H21NS. The zero-order valence-electron chi connectivity index (χ0n) is 18.2. The molecule has 0 radical (unpaired) electrons. The predicted octanol–water partition coefficient (Wildman–Crippen LogP) is 9.13. The molecule has 33 heavy (non-hydrogen) atoms. The lowest BCUT2D eigenvalue weighted by Crippen LogP contribution is -1.97. The van der Waals surface area contributed by atoms with Crippen LogP contribution in [0.3, 0.4) is 0 Å². The van der Waals surface area contributed by atoms with Crippen molar-refractivity contribution in [1.82, 2.24) is 4.57 Å². The van der Waals surface area contributed by atoms with Crippen LogP contribution in [-0.2, 0) is 0 Å². The number of hydrogen-bond donors (Lipinski definition) is 0. The van der Waals surface area contributed by atoms with E-state index in [9.17, 15) is 0 Å². The maximum absolute atomic E-state index is 2.43. The molecule has 0 aliphatic heterocycles. The van der Waals surface area contributed by atoms with Crippen LogP contribution >= 0.6 is 11.3 Å². The molecule has 2 aromatic heterocycles. The SMILES string of the molecule is Cc1cccc2c1c1ccccc1n2-c1ccccc1-c1ccc2sc3ccccc3c2c1. The summed E-state index contributed by atoms with van der Waals surface area (Å²) in [6.07, 6.45) is 0. The largest absolute Gasteiger partial charge is 0.309 e. The first-order valence-electron chi connectivity index (χ1n) is 11.3. The minimum atomic E-state index is 1.22. The molecule has 1 nitrogen and oxygen atoms in total. The third kappa shape index (κ3) is 2.71. The number of thiophene rings is 1. The Labute approximate surface area is 196 Å². The highest BCUT2D eigenvalue weighted by Gasteiger charge is 2.16. The van der Waals surface area contributed by atoms with E-state index in [-0.39, 0.29) is 0 Å². The molecule has 0 saturated heterocycles. The van der Waals surface area contributed by atoms with Gasteiger partial charge in [-0.05, 0) is 54.4 Å². The molecule has 7 aromatic rings. The van der Waals surface area contributed by atoms with E-state index in [1.54, 1.807) is 0 Å². The van der Waals surface area contributed by atoms with Crippen LogP contribution in [0, 0.1) is 6.92 Å². The molecule has 5 aromatic carbocycles. The van der Waals surface area contributed by atoms with Crippen molar-refractivity contribution >= 4 is 53.3 Å². The monoisotopic (exact) mass is 439 g/mol. The minimum absolute atomic E-state index is 1.22. The number of aromatic nitrogens is 1. The van der Waals surface area contributed by atoms with Crippen LogP contribution < -0.4 is 0 Å². The molecule has 0 spiro atoms. The van der Waals surface area contributed by atoms with Crippen molar-refractivity contribution in [3.63, 3.8) is 0 Å². The summed E-state index contributed by atoms with van der Waals surface area (Å²) in [5.41, 5.74) is 7.53. The topological polar surface area (TPSA) is 4.93 Å². The van der Waals surface area contributed by atoms with Crippen LogP contribution in [0.25, 0.3) is 58.8 Å². The molecule has 0 atom stereocenters. The summed E-state index contributed by atoms with van der Waals surface area (Å²) in [4.78, 5) is 0. The Morgan fingerprint density at radius 1 is 0.576 bits per heavy atom. The smallest absolute Gasteiger partial charge is 0.0543 e. The number of benzene rings is 5. The van der Waals surface area contributed by atoms with Gasteiger partial charge in [-0.1, -0.05) is 72.8 Å². The lowest BCUT2D eigenvalue weighted by atomic mass is 10.0. The second-order valence-electron chi connectivity index (χ2n) is 8.65. The van der Waals surface area contributed by atoms with Gasteiger partial charge in [0.05, 0.1) is 16.7 Å². The highest BCUT2D eigenvalue weighted by atomic mass is 32.1. The molecule has 0 fully saturated rings. The molecule has 7 rings (SSSR count). The summed E-state index contributed by atoms with van der Waals surface area (Å²) < 4.78 is 5.11. The molecule has 0 N–H and O–H groups in total. The summed E-state index contributed by atoms with van der Waals surface area (Å²) in [7, 11) is 0. The first-order chi connectivity index (χ1) is 16.3. The molecule has 0 aliphatic rings. The van der Waals surface area contributed by atoms with Crippen molar-refractivity contribution in [1.29, 1.82) is 0 Å². The number of aryl methyl sites for hydroxylation is 1. The Morgan fingerprint density at radius 3 is 2.24 bits per heavy atom. The number of para-hydroxylation sites is 2. The Bertz CT molecular complexity index is 1830.